The van der Waals surface area contributed by atoms with E-state index in [4.69, 9.17) is 16.5 Å². The van der Waals surface area contributed by atoms with Gasteiger partial charge in [-0.1, -0.05) is 24.3 Å². The van der Waals surface area contributed by atoms with Crippen LogP contribution in [-0.2, 0) is 0 Å². The number of para-hydroxylation sites is 1. The molecule has 0 spiro atoms. The first-order valence-corrected chi connectivity index (χ1v) is 10.1. The van der Waals surface area contributed by atoms with Crippen LogP contribution >= 0.6 is 15.9 Å². The van der Waals surface area contributed by atoms with Gasteiger partial charge in [-0.2, -0.15) is 15.2 Å². The molecular formula is C21H17BrN8O. The molecule has 2 aromatic heterocycles. The standard InChI is InChI=1S/C21H17BrN8O/c1-11(26-18-13(10-23)17(24)28-21(25)29-18)19-27-15-9-5-8-14(22)16(15)20(31)30(19)12-6-3-2-4-7-12/h2-9,11H,1H3,(H5,24,25,26,28,29). The molecule has 1 unspecified atom stereocenters. The number of nitrogens with zero attached hydrogens (tertiary/aromatic N) is 5. The lowest BCUT2D eigenvalue weighted by molar-refractivity contribution is 0.730. The van der Waals surface area contributed by atoms with E-state index in [-0.39, 0.29) is 28.7 Å². The van der Waals surface area contributed by atoms with Crippen molar-refractivity contribution in [2.24, 2.45) is 0 Å². The summed E-state index contributed by atoms with van der Waals surface area (Å²) < 4.78 is 2.19. The number of nitriles is 1. The largest absolute Gasteiger partial charge is 0.382 e. The Morgan fingerprint density at radius 2 is 1.84 bits per heavy atom. The molecule has 0 aliphatic heterocycles. The van der Waals surface area contributed by atoms with Gasteiger partial charge in [-0.25, -0.2) is 4.98 Å². The van der Waals surface area contributed by atoms with Crippen molar-refractivity contribution in [1.29, 1.82) is 5.26 Å². The molecule has 4 aromatic rings. The zero-order valence-electron chi connectivity index (χ0n) is 16.4. The molecule has 0 amide bonds. The van der Waals surface area contributed by atoms with Crippen molar-refractivity contribution >= 4 is 44.4 Å². The van der Waals surface area contributed by atoms with E-state index < -0.39 is 6.04 Å². The van der Waals surface area contributed by atoms with Gasteiger partial charge in [-0.3, -0.25) is 9.36 Å². The molecule has 0 radical (unpaired) electrons. The lowest BCUT2D eigenvalue weighted by Gasteiger charge is -2.21. The van der Waals surface area contributed by atoms with Crippen LogP contribution in [0, 0.1) is 11.3 Å². The Labute approximate surface area is 185 Å². The zero-order valence-corrected chi connectivity index (χ0v) is 18.0. The fourth-order valence-corrected chi connectivity index (χ4v) is 3.83. The summed E-state index contributed by atoms with van der Waals surface area (Å²) in [4.78, 5) is 26.2. The number of hydrogen-bond donors (Lipinski definition) is 3. The highest BCUT2D eigenvalue weighted by atomic mass is 79.9. The van der Waals surface area contributed by atoms with Gasteiger partial charge in [0.15, 0.2) is 5.82 Å². The second-order valence-corrected chi connectivity index (χ2v) is 7.60. The molecule has 0 aliphatic rings. The molecule has 9 nitrogen and oxygen atoms in total. The number of nitrogens with two attached hydrogens (primary N) is 2. The summed E-state index contributed by atoms with van der Waals surface area (Å²) >= 11 is 3.45. The van der Waals surface area contributed by atoms with E-state index in [2.05, 4.69) is 31.2 Å². The number of rotatable bonds is 4. The number of hydrogen-bond acceptors (Lipinski definition) is 8. The topological polar surface area (TPSA) is 149 Å². The third-order valence-electron chi connectivity index (χ3n) is 4.69. The Morgan fingerprint density at radius 3 is 2.55 bits per heavy atom. The minimum Gasteiger partial charge on any atom is -0.382 e. The Balaban J connectivity index is 1.94. The molecule has 4 rings (SSSR count). The summed E-state index contributed by atoms with van der Waals surface area (Å²) in [5.74, 6) is 0.507. The van der Waals surface area contributed by atoms with Crippen LogP contribution in [0.5, 0.6) is 0 Å². The van der Waals surface area contributed by atoms with Gasteiger partial charge < -0.3 is 16.8 Å². The van der Waals surface area contributed by atoms with Gasteiger partial charge in [0.05, 0.1) is 22.6 Å². The highest BCUT2D eigenvalue weighted by Gasteiger charge is 2.21. The first-order valence-electron chi connectivity index (χ1n) is 9.27. The quantitative estimate of drug-likeness (QED) is 0.406. The van der Waals surface area contributed by atoms with Gasteiger partial charge in [0, 0.05) is 4.47 Å². The van der Waals surface area contributed by atoms with Gasteiger partial charge in [0.25, 0.3) is 5.56 Å². The summed E-state index contributed by atoms with van der Waals surface area (Å²) in [6.07, 6.45) is 0. The number of benzene rings is 2. The molecule has 154 valence electrons. The van der Waals surface area contributed by atoms with E-state index in [0.29, 0.717) is 26.9 Å². The van der Waals surface area contributed by atoms with Crippen molar-refractivity contribution in [3.05, 3.63) is 74.7 Å². The van der Waals surface area contributed by atoms with E-state index in [1.165, 1.54) is 4.57 Å². The first kappa shape index (κ1) is 20.3. The molecular weight excluding hydrogens is 460 g/mol. The molecule has 0 saturated carbocycles. The average Bonchev–Trinajstić information content (AvgIpc) is 2.74. The average molecular weight is 477 g/mol. The highest BCUT2D eigenvalue weighted by molar-refractivity contribution is 9.10. The molecule has 0 bridgehead atoms. The van der Waals surface area contributed by atoms with Gasteiger partial charge >= 0.3 is 0 Å². The Hall–Kier alpha value is -3.97. The van der Waals surface area contributed by atoms with E-state index in [9.17, 15) is 10.1 Å². The fourth-order valence-electron chi connectivity index (χ4n) is 3.30. The third kappa shape index (κ3) is 3.67. The molecule has 2 aromatic carbocycles. The van der Waals surface area contributed by atoms with Gasteiger partial charge in [0.2, 0.25) is 5.95 Å². The summed E-state index contributed by atoms with van der Waals surface area (Å²) in [5.41, 5.74) is 12.6. The molecule has 2 heterocycles. The fraction of sp³-hybridized carbons (Fsp3) is 0.0952. The molecule has 0 fully saturated rings. The van der Waals surface area contributed by atoms with Crippen LogP contribution in [0.15, 0.2) is 57.8 Å². The van der Waals surface area contributed by atoms with Crippen molar-refractivity contribution in [2.45, 2.75) is 13.0 Å². The summed E-state index contributed by atoms with van der Waals surface area (Å²) in [6.45, 7) is 1.81. The minimum atomic E-state index is -0.530. The van der Waals surface area contributed by atoms with Crippen molar-refractivity contribution in [1.82, 2.24) is 19.5 Å². The van der Waals surface area contributed by atoms with Crippen LogP contribution in [-0.4, -0.2) is 19.5 Å². The maximum absolute atomic E-state index is 13.5. The predicted octanol–water partition coefficient (Wildman–Crippen LogP) is 3.15. The van der Waals surface area contributed by atoms with Gasteiger partial charge in [-0.05, 0) is 47.1 Å². The Kier molecular flexibility index (Phi) is 5.27. The Morgan fingerprint density at radius 1 is 1.10 bits per heavy atom. The van der Waals surface area contributed by atoms with Gasteiger partial charge in [0.1, 0.15) is 23.3 Å². The lowest BCUT2D eigenvalue weighted by atomic mass is 10.2. The minimum absolute atomic E-state index is 0.0273. The number of fused-ring (bicyclic) bond motifs is 1. The normalized spacial score (nSPS) is 11.8. The number of nitrogens with one attached hydrogen (secondary N) is 1. The molecule has 10 heteroatoms. The maximum atomic E-state index is 13.5. The van der Waals surface area contributed by atoms with Crippen LogP contribution < -0.4 is 22.3 Å². The molecule has 5 N–H and O–H groups in total. The second-order valence-electron chi connectivity index (χ2n) is 6.75. The van der Waals surface area contributed by atoms with Crippen molar-refractivity contribution in [2.75, 3.05) is 16.8 Å². The number of anilines is 3. The number of nitrogen functional groups attached to an aromatic ring is 2. The van der Waals surface area contributed by atoms with Crippen LogP contribution in [0.25, 0.3) is 16.6 Å². The molecule has 0 saturated heterocycles. The third-order valence-corrected chi connectivity index (χ3v) is 5.35. The van der Waals surface area contributed by atoms with Crippen molar-refractivity contribution in [3.8, 4) is 11.8 Å². The second kappa shape index (κ2) is 8.04. The maximum Gasteiger partial charge on any atom is 0.267 e. The summed E-state index contributed by atoms with van der Waals surface area (Å²) in [7, 11) is 0. The van der Waals surface area contributed by atoms with Gasteiger partial charge in [-0.15, -0.1) is 0 Å². The molecule has 1 atom stereocenters. The number of halogens is 1. The summed E-state index contributed by atoms with van der Waals surface area (Å²) in [6, 6.07) is 16.0. The predicted molar refractivity (Wildman–Crippen MR) is 123 cm³/mol. The van der Waals surface area contributed by atoms with Crippen molar-refractivity contribution < 1.29 is 0 Å². The van der Waals surface area contributed by atoms with Crippen molar-refractivity contribution in [3.63, 3.8) is 0 Å². The molecule has 0 aliphatic carbocycles. The SMILES string of the molecule is CC(Nc1nc(N)nc(N)c1C#N)c1nc2cccc(Br)c2c(=O)n1-c1ccccc1. The van der Waals surface area contributed by atoms with E-state index >= 15 is 0 Å². The molecule has 31 heavy (non-hydrogen) atoms. The van der Waals surface area contributed by atoms with Crippen LogP contribution in [0.2, 0.25) is 0 Å². The summed E-state index contributed by atoms with van der Waals surface area (Å²) in [5, 5.41) is 13.0. The lowest BCUT2D eigenvalue weighted by Crippen LogP contribution is -2.28. The van der Waals surface area contributed by atoms with E-state index in [1.54, 1.807) is 19.1 Å². The van der Waals surface area contributed by atoms with E-state index in [0.717, 1.165) is 0 Å². The highest BCUT2D eigenvalue weighted by Crippen LogP contribution is 2.26. The van der Waals surface area contributed by atoms with Crippen LogP contribution in [0.1, 0.15) is 24.4 Å². The van der Waals surface area contributed by atoms with Crippen LogP contribution in [0.3, 0.4) is 0 Å². The van der Waals surface area contributed by atoms with E-state index in [1.807, 2.05) is 42.5 Å². The first-order chi connectivity index (χ1) is 14.9. The number of aromatic nitrogens is 4. The monoisotopic (exact) mass is 476 g/mol. The Bertz CT molecular complexity index is 1390. The zero-order chi connectivity index (χ0) is 22.1. The smallest absolute Gasteiger partial charge is 0.267 e. The van der Waals surface area contributed by atoms with Crippen LogP contribution in [0.4, 0.5) is 17.6 Å².